The third-order valence-electron chi connectivity index (χ3n) is 6.71. The zero-order valence-electron chi connectivity index (χ0n) is 21.0. The lowest BCUT2D eigenvalue weighted by Gasteiger charge is -2.45. The Labute approximate surface area is 217 Å². The van der Waals surface area contributed by atoms with Gasteiger partial charge < -0.3 is 33.2 Å². The highest BCUT2D eigenvalue weighted by Crippen LogP contribution is 2.47. The number of fused-ring (bicyclic) bond motifs is 3. The molecule has 0 radical (unpaired) electrons. The Morgan fingerprint density at radius 3 is 2.14 bits per heavy atom. The molecule has 0 saturated carbocycles. The molecule has 0 bridgehead atoms. The second kappa shape index (κ2) is 10.6. The van der Waals surface area contributed by atoms with E-state index < -0.39 is 43.0 Å². The molecule has 3 fully saturated rings. The normalized spacial score (nSPS) is 33.2. The Kier molecular flexibility index (Phi) is 7.10. The molecule has 3 aliphatic rings. The third kappa shape index (κ3) is 5.09. The molecule has 0 spiro atoms. The summed E-state index contributed by atoms with van der Waals surface area (Å²) in [4.78, 5) is 0. The van der Waals surface area contributed by atoms with E-state index in [2.05, 4.69) is 0 Å². The van der Waals surface area contributed by atoms with E-state index in [1.165, 1.54) is 0 Å². The van der Waals surface area contributed by atoms with E-state index in [-0.39, 0.29) is 6.10 Å². The standard InChI is InChI=1S/C30H32O7/c1-20(2)35-30(23-16-10-5-11-17-23)36-26-25-24(19-32-28(34-25)22-14-8-4-9-15-22)33-29(27(26)37-30)31-18-21-12-6-3-7-13-21/h3-17,20,24-29H,18-19H2,1-2H3/t24-,25-,26+,27+,28?,29-,30?/m1/s1. The first-order valence-electron chi connectivity index (χ1n) is 12.8. The summed E-state index contributed by atoms with van der Waals surface area (Å²) in [5.41, 5.74) is 2.74. The minimum Gasteiger partial charge on any atom is -0.346 e. The van der Waals surface area contributed by atoms with E-state index in [1.54, 1.807) is 0 Å². The monoisotopic (exact) mass is 504 g/mol. The van der Waals surface area contributed by atoms with E-state index in [0.717, 1.165) is 16.7 Å². The van der Waals surface area contributed by atoms with Crippen molar-refractivity contribution in [3.8, 4) is 0 Å². The molecule has 0 amide bonds. The highest BCUT2D eigenvalue weighted by molar-refractivity contribution is 5.21. The van der Waals surface area contributed by atoms with Crippen LogP contribution in [-0.4, -0.2) is 43.4 Å². The van der Waals surface area contributed by atoms with E-state index in [9.17, 15) is 0 Å². The van der Waals surface area contributed by atoms with Crippen LogP contribution in [0.25, 0.3) is 0 Å². The third-order valence-corrected chi connectivity index (χ3v) is 6.71. The number of benzene rings is 3. The predicted molar refractivity (Wildman–Crippen MR) is 134 cm³/mol. The van der Waals surface area contributed by atoms with Gasteiger partial charge in [0, 0.05) is 11.1 Å². The Morgan fingerprint density at radius 1 is 0.784 bits per heavy atom. The lowest BCUT2D eigenvalue weighted by atomic mass is 9.98. The highest BCUT2D eigenvalue weighted by atomic mass is 16.9. The minimum atomic E-state index is -1.42. The average molecular weight is 505 g/mol. The van der Waals surface area contributed by atoms with Crippen LogP contribution in [-0.2, 0) is 45.7 Å². The molecule has 194 valence electrons. The first-order valence-corrected chi connectivity index (χ1v) is 12.8. The molecule has 6 rings (SSSR count). The summed E-state index contributed by atoms with van der Waals surface area (Å²) in [6.45, 7) is 4.62. The summed E-state index contributed by atoms with van der Waals surface area (Å²) in [6.07, 6.45) is -3.32. The molecule has 0 N–H and O–H groups in total. The van der Waals surface area contributed by atoms with Crippen molar-refractivity contribution in [3.63, 3.8) is 0 Å². The van der Waals surface area contributed by atoms with Crippen LogP contribution >= 0.6 is 0 Å². The Morgan fingerprint density at radius 2 is 1.43 bits per heavy atom. The van der Waals surface area contributed by atoms with Gasteiger partial charge in [0.05, 0.1) is 19.3 Å². The van der Waals surface area contributed by atoms with Crippen LogP contribution < -0.4 is 0 Å². The fraction of sp³-hybridized carbons (Fsp3) is 0.400. The molecule has 3 saturated heterocycles. The maximum Gasteiger partial charge on any atom is 0.313 e. The molecule has 3 heterocycles. The van der Waals surface area contributed by atoms with Gasteiger partial charge in [-0.25, -0.2) is 0 Å². The van der Waals surface area contributed by atoms with Crippen molar-refractivity contribution in [3.05, 3.63) is 108 Å². The number of hydrogen-bond acceptors (Lipinski definition) is 7. The summed E-state index contributed by atoms with van der Waals surface area (Å²) in [5.74, 6) is -1.42. The Balaban J connectivity index is 1.31. The van der Waals surface area contributed by atoms with Crippen LogP contribution in [0.5, 0.6) is 0 Å². The van der Waals surface area contributed by atoms with E-state index >= 15 is 0 Å². The number of rotatable bonds is 7. The second-order valence-corrected chi connectivity index (χ2v) is 9.77. The maximum atomic E-state index is 6.70. The number of ether oxygens (including phenoxy) is 7. The molecule has 3 aliphatic heterocycles. The Bertz CT molecular complexity index is 1140. The second-order valence-electron chi connectivity index (χ2n) is 9.77. The maximum absolute atomic E-state index is 6.70. The van der Waals surface area contributed by atoms with Gasteiger partial charge in [-0.1, -0.05) is 91.0 Å². The van der Waals surface area contributed by atoms with Crippen LogP contribution in [0.2, 0.25) is 0 Å². The van der Waals surface area contributed by atoms with Gasteiger partial charge in [-0.05, 0) is 19.4 Å². The SMILES string of the molecule is CC(C)OC1(c2ccccc2)O[C@@H]2[C@H](O1)[C@H](OCc1ccccc1)O[C@@H]1COC(c3ccccc3)O[C@@H]21. The summed E-state index contributed by atoms with van der Waals surface area (Å²) >= 11 is 0. The van der Waals surface area contributed by atoms with Gasteiger partial charge in [0.25, 0.3) is 0 Å². The van der Waals surface area contributed by atoms with Crippen molar-refractivity contribution in [1.82, 2.24) is 0 Å². The molecule has 2 unspecified atom stereocenters. The molecule has 7 nitrogen and oxygen atoms in total. The first-order chi connectivity index (χ1) is 18.1. The lowest BCUT2D eigenvalue weighted by molar-refractivity contribution is -0.372. The van der Waals surface area contributed by atoms with Crippen molar-refractivity contribution in [2.24, 2.45) is 0 Å². The van der Waals surface area contributed by atoms with Gasteiger partial charge >= 0.3 is 5.97 Å². The fourth-order valence-electron chi connectivity index (χ4n) is 5.07. The first kappa shape index (κ1) is 24.7. The molecule has 0 aromatic heterocycles. The van der Waals surface area contributed by atoms with Gasteiger partial charge in [0.1, 0.15) is 24.4 Å². The molecule has 0 aliphatic carbocycles. The van der Waals surface area contributed by atoms with Crippen molar-refractivity contribution < 1.29 is 33.2 Å². The van der Waals surface area contributed by atoms with Crippen molar-refractivity contribution in [2.45, 2.75) is 69.5 Å². The van der Waals surface area contributed by atoms with E-state index in [4.69, 9.17) is 33.2 Å². The molecular formula is C30H32O7. The lowest BCUT2D eigenvalue weighted by Crippen LogP contribution is -2.61. The van der Waals surface area contributed by atoms with Crippen LogP contribution in [0.3, 0.4) is 0 Å². The summed E-state index contributed by atoms with van der Waals surface area (Å²) in [5, 5.41) is 0. The molecule has 7 atom stereocenters. The van der Waals surface area contributed by atoms with E-state index in [0.29, 0.717) is 13.2 Å². The summed E-state index contributed by atoms with van der Waals surface area (Å²) in [6, 6.07) is 29.6. The smallest absolute Gasteiger partial charge is 0.313 e. The van der Waals surface area contributed by atoms with Gasteiger partial charge in [0.15, 0.2) is 12.6 Å². The van der Waals surface area contributed by atoms with Gasteiger partial charge in [-0.2, -0.15) is 0 Å². The van der Waals surface area contributed by atoms with Gasteiger partial charge in [-0.15, -0.1) is 0 Å². The molecular weight excluding hydrogens is 472 g/mol. The van der Waals surface area contributed by atoms with Crippen LogP contribution in [0.4, 0.5) is 0 Å². The van der Waals surface area contributed by atoms with E-state index in [1.807, 2.05) is 105 Å². The summed E-state index contributed by atoms with van der Waals surface area (Å²) in [7, 11) is 0. The average Bonchev–Trinajstić information content (AvgIpc) is 3.33. The fourth-order valence-corrected chi connectivity index (χ4v) is 5.07. The number of hydrogen-bond donors (Lipinski definition) is 0. The van der Waals surface area contributed by atoms with Crippen LogP contribution in [0, 0.1) is 0 Å². The van der Waals surface area contributed by atoms with Crippen molar-refractivity contribution in [2.75, 3.05) is 6.61 Å². The molecule has 37 heavy (non-hydrogen) atoms. The summed E-state index contributed by atoms with van der Waals surface area (Å²) < 4.78 is 44.9. The molecule has 3 aromatic rings. The van der Waals surface area contributed by atoms with Crippen molar-refractivity contribution >= 4 is 0 Å². The van der Waals surface area contributed by atoms with Crippen LogP contribution in [0.1, 0.15) is 36.8 Å². The zero-order valence-corrected chi connectivity index (χ0v) is 21.0. The largest absolute Gasteiger partial charge is 0.346 e. The van der Waals surface area contributed by atoms with Crippen molar-refractivity contribution in [1.29, 1.82) is 0 Å². The molecule has 7 heteroatoms. The van der Waals surface area contributed by atoms with Gasteiger partial charge in [0.2, 0.25) is 0 Å². The quantitative estimate of drug-likeness (QED) is 0.446. The molecule has 3 aromatic carbocycles. The highest BCUT2D eigenvalue weighted by Gasteiger charge is 2.62. The minimum absolute atomic E-state index is 0.159. The van der Waals surface area contributed by atoms with Gasteiger partial charge in [-0.3, -0.25) is 0 Å². The topological polar surface area (TPSA) is 64.6 Å². The predicted octanol–water partition coefficient (Wildman–Crippen LogP) is 5.06. The zero-order chi connectivity index (χ0) is 25.2. The Hall–Kier alpha value is -2.62. The van der Waals surface area contributed by atoms with Crippen LogP contribution in [0.15, 0.2) is 91.0 Å².